The Morgan fingerprint density at radius 1 is 1.27 bits per heavy atom. The number of hydrogen-bond donors (Lipinski definition) is 1. The van der Waals surface area contributed by atoms with Crippen LogP contribution in [0.2, 0.25) is 0 Å². The molecule has 1 aliphatic heterocycles. The summed E-state index contributed by atoms with van der Waals surface area (Å²) in [5.41, 5.74) is 0.182. The van der Waals surface area contributed by atoms with Crippen LogP contribution >= 0.6 is 0 Å². The minimum atomic E-state index is 0.182. The van der Waals surface area contributed by atoms with Crippen LogP contribution in [-0.2, 0) is 9.47 Å². The fraction of sp³-hybridized carbons (Fsp3) is 1.00. The standard InChI is InChI=1S/C12H25NO2/c1-5-14-9-11-7-6-10(15-11)8-13-12(2,3)4/h10-11,13H,5-9H2,1-4H3. The summed E-state index contributed by atoms with van der Waals surface area (Å²) < 4.78 is 11.2. The average Bonchev–Trinajstić information content (AvgIpc) is 2.58. The topological polar surface area (TPSA) is 30.5 Å². The van der Waals surface area contributed by atoms with Crippen molar-refractivity contribution in [2.24, 2.45) is 0 Å². The maximum absolute atomic E-state index is 5.87. The summed E-state index contributed by atoms with van der Waals surface area (Å²) in [4.78, 5) is 0. The van der Waals surface area contributed by atoms with E-state index < -0.39 is 0 Å². The predicted molar refractivity (Wildman–Crippen MR) is 62.1 cm³/mol. The minimum absolute atomic E-state index is 0.182. The van der Waals surface area contributed by atoms with Gasteiger partial charge in [0.05, 0.1) is 18.8 Å². The summed E-state index contributed by atoms with van der Waals surface area (Å²) in [5, 5.41) is 3.47. The molecule has 15 heavy (non-hydrogen) atoms. The molecule has 1 saturated heterocycles. The van der Waals surface area contributed by atoms with Crippen molar-refractivity contribution in [1.82, 2.24) is 5.32 Å². The Morgan fingerprint density at radius 2 is 1.93 bits per heavy atom. The molecule has 0 bridgehead atoms. The lowest BCUT2D eigenvalue weighted by Crippen LogP contribution is -2.41. The zero-order valence-corrected chi connectivity index (χ0v) is 10.5. The smallest absolute Gasteiger partial charge is 0.0813 e. The van der Waals surface area contributed by atoms with E-state index in [1.807, 2.05) is 6.92 Å². The van der Waals surface area contributed by atoms with Crippen molar-refractivity contribution in [3.63, 3.8) is 0 Å². The van der Waals surface area contributed by atoms with Crippen molar-refractivity contribution in [1.29, 1.82) is 0 Å². The molecule has 1 rings (SSSR count). The first kappa shape index (κ1) is 12.9. The summed E-state index contributed by atoms with van der Waals surface area (Å²) in [6.07, 6.45) is 2.98. The first-order valence-corrected chi connectivity index (χ1v) is 5.99. The molecule has 0 saturated carbocycles. The molecule has 1 aliphatic rings. The fourth-order valence-electron chi connectivity index (χ4n) is 1.72. The van der Waals surface area contributed by atoms with Gasteiger partial charge < -0.3 is 14.8 Å². The quantitative estimate of drug-likeness (QED) is 0.760. The van der Waals surface area contributed by atoms with Crippen molar-refractivity contribution >= 4 is 0 Å². The molecule has 0 aromatic rings. The summed E-state index contributed by atoms with van der Waals surface area (Å²) in [6, 6.07) is 0. The number of rotatable bonds is 5. The van der Waals surface area contributed by atoms with Crippen LogP contribution in [0.15, 0.2) is 0 Å². The summed E-state index contributed by atoms with van der Waals surface area (Å²) in [6.45, 7) is 11.0. The van der Waals surface area contributed by atoms with Gasteiger partial charge in [0.1, 0.15) is 0 Å². The van der Waals surface area contributed by atoms with Crippen molar-refractivity contribution in [3.8, 4) is 0 Å². The van der Waals surface area contributed by atoms with Gasteiger partial charge in [-0.2, -0.15) is 0 Å². The highest BCUT2D eigenvalue weighted by Crippen LogP contribution is 2.19. The zero-order valence-electron chi connectivity index (χ0n) is 10.5. The molecule has 2 unspecified atom stereocenters. The van der Waals surface area contributed by atoms with E-state index in [4.69, 9.17) is 9.47 Å². The lowest BCUT2D eigenvalue weighted by Gasteiger charge is -2.23. The molecule has 0 aromatic heterocycles. The maximum atomic E-state index is 5.87. The van der Waals surface area contributed by atoms with E-state index in [0.717, 1.165) is 32.6 Å². The SMILES string of the molecule is CCOCC1CCC(CNC(C)(C)C)O1. The molecule has 3 nitrogen and oxygen atoms in total. The van der Waals surface area contributed by atoms with Gasteiger partial charge in [-0.25, -0.2) is 0 Å². The maximum Gasteiger partial charge on any atom is 0.0813 e. The van der Waals surface area contributed by atoms with E-state index in [-0.39, 0.29) is 5.54 Å². The summed E-state index contributed by atoms with van der Waals surface area (Å²) in [5.74, 6) is 0. The number of nitrogens with one attached hydrogen (secondary N) is 1. The Labute approximate surface area is 93.5 Å². The highest BCUT2D eigenvalue weighted by Gasteiger charge is 2.25. The van der Waals surface area contributed by atoms with E-state index in [1.54, 1.807) is 0 Å². The summed E-state index contributed by atoms with van der Waals surface area (Å²) >= 11 is 0. The molecule has 0 spiro atoms. The van der Waals surface area contributed by atoms with Crippen LogP contribution < -0.4 is 5.32 Å². The Bertz CT molecular complexity index is 177. The molecular weight excluding hydrogens is 190 g/mol. The third-order valence-corrected chi connectivity index (χ3v) is 2.56. The average molecular weight is 215 g/mol. The molecule has 1 N–H and O–H groups in total. The van der Waals surface area contributed by atoms with Crippen molar-refractivity contribution in [2.75, 3.05) is 19.8 Å². The summed E-state index contributed by atoms with van der Waals surface area (Å²) in [7, 11) is 0. The fourth-order valence-corrected chi connectivity index (χ4v) is 1.72. The Morgan fingerprint density at radius 3 is 2.53 bits per heavy atom. The van der Waals surface area contributed by atoms with Crippen molar-refractivity contribution < 1.29 is 9.47 Å². The minimum Gasteiger partial charge on any atom is -0.379 e. The van der Waals surface area contributed by atoms with E-state index in [2.05, 4.69) is 26.1 Å². The molecule has 0 aromatic carbocycles. The number of hydrogen-bond acceptors (Lipinski definition) is 3. The first-order chi connectivity index (χ1) is 7.01. The molecule has 90 valence electrons. The lowest BCUT2D eigenvalue weighted by molar-refractivity contribution is -0.0128. The van der Waals surface area contributed by atoms with E-state index in [0.29, 0.717) is 12.2 Å². The highest BCUT2D eigenvalue weighted by molar-refractivity contribution is 4.79. The predicted octanol–water partition coefficient (Wildman–Crippen LogP) is 1.96. The van der Waals surface area contributed by atoms with E-state index in [9.17, 15) is 0 Å². The molecule has 1 fully saturated rings. The molecule has 0 radical (unpaired) electrons. The third kappa shape index (κ3) is 5.50. The van der Waals surface area contributed by atoms with Crippen molar-refractivity contribution in [3.05, 3.63) is 0 Å². The zero-order chi connectivity index (χ0) is 11.3. The largest absolute Gasteiger partial charge is 0.379 e. The van der Waals surface area contributed by atoms with Gasteiger partial charge in [-0.05, 0) is 40.5 Å². The molecular formula is C12H25NO2. The van der Waals surface area contributed by atoms with Crippen LogP contribution in [-0.4, -0.2) is 37.5 Å². The monoisotopic (exact) mass is 215 g/mol. The second-order valence-electron chi connectivity index (χ2n) is 5.25. The van der Waals surface area contributed by atoms with Gasteiger partial charge in [-0.3, -0.25) is 0 Å². The third-order valence-electron chi connectivity index (χ3n) is 2.56. The normalized spacial score (nSPS) is 27.2. The Balaban J connectivity index is 2.13. The van der Waals surface area contributed by atoms with Crippen LogP contribution in [0.1, 0.15) is 40.5 Å². The lowest BCUT2D eigenvalue weighted by atomic mass is 10.1. The molecule has 2 atom stereocenters. The Hall–Kier alpha value is -0.120. The van der Waals surface area contributed by atoms with Crippen LogP contribution in [0.5, 0.6) is 0 Å². The number of ether oxygens (including phenoxy) is 2. The molecule has 3 heteroatoms. The molecule has 0 aliphatic carbocycles. The van der Waals surface area contributed by atoms with Crippen LogP contribution in [0.3, 0.4) is 0 Å². The van der Waals surface area contributed by atoms with E-state index >= 15 is 0 Å². The van der Waals surface area contributed by atoms with Gasteiger partial charge >= 0.3 is 0 Å². The van der Waals surface area contributed by atoms with Crippen LogP contribution in [0.4, 0.5) is 0 Å². The van der Waals surface area contributed by atoms with Gasteiger partial charge in [-0.15, -0.1) is 0 Å². The van der Waals surface area contributed by atoms with Gasteiger partial charge in [0, 0.05) is 18.7 Å². The highest BCUT2D eigenvalue weighted by atomic mass is 16.5. The Kier molecular flexibility index (Phi) is 5.03. The first-order valence-electron chi connectivity index (χ1n) is 5.99. The van der Waals surface area contributed by atoms with Gasteiger partial charge in [0.25, 0.3) is 0 Å². The van der Waals surface area contributed by atoms with Crippen molar-refractivity contribution in [2.45, 2.75) is 58.3 Å². The molecule has 1 heterocycles. The molecule has 0 amide bonds. The van der Waals surface area contributed by atoms with Crippen LogP contribution in [0.25, 0.3) is 0 Å². The van der Waals surface area contributed by atoms with Crippen LogP contribution in [0, 0.1) is 0 Å². The van der Waals surface area contributed by atoms with E-state index in [1.165, 1.54) is 0 Å². The van der Waals surface area contributed by atoms with Gasteiger partial charge in [0.15, 0.2) is 0 Å². The second kappa shape index (κ2) is 5.83. The van der Waals surface area contributed by atoms with Gasteiger partial charge in [-0.1, -0.05) is 0 Å². The van der Waals surface area contributed by atoms with Gasteiger partial charge in [0.2, 0.25) is 0 Å². The second-order valence-corrected chi connectivity index (χ2v) is 5.25.